The molecule has 1 N–H and O–H groups in total. The van der Waals surface area contributed by atoms with Crippen molar-refractivity contribution in [3.05, 3.63) is 0 Å². The van der Waals surface area contributed by atoms with Gasteiger partial charge in [0, 0.05) is 6.42 Å². The van der Waals surface area contributed by atoms with E-state index in [9.17, 15) is 8.78 Å². The Hall–Kier alpha value is 0.170. The van der Waals surface area contributed by atoms with Crippen molar-refractivity contribution in [1.29, 1.82) is 0 Å². The summed E-state index contributed by atoms with van der Waals surface area (Å²) in [5.41, 5.74) is 0. The minimum atomic E-state index is -3.03. The monoisotopic (exact) mass is 156 g/mol. The zero-order valence-corrected chi connectivity index (χ0v) is 6.04. The minimum absolute atomic E-state index is 0.343. The van der Waals surface area contributed by atoms with Crippen LogP contribution >= 0.6 is 12.6 Å². The van der Waals surface area contributed by atoms with Crippen LogP contribution in [0.15, 0.2) is 0 Å². The number of aliphatic hydroxyl groups excluding tert-OH is 1. The number of alkyl halides is 2. The van der Waals surface area contributed by atoms with Gasteiger partial charge in [0.2, 0.25) is 0 Å². The third kappa shape index (κ3) is 6.05. The molecule has 0 saturated carbocycles. The van der Waals surface area contributed by atoms with E-state index in [4.69, 9.17) is 5.11 Å². The molecule has 0 bridgehead atoms. The highest BCUT2D eigenvalue weighted by atomic mass is 32.1. The highest BCUT2D eigenvalue weighted by molar-refractivity contribution is 7.81. The molecule has 0 amide bonds. The van der Waals surface area contributed by atoms with Crippen LogP contribution < -0.4 is 0 Å². The van der Waals surface area contributed by atoms with Crippen molar-refractivity contribution in [1.82, 2.24) is 0 Å². The van der Waals surface area contributed by atoms with Gasteiger partial charge in [-0.25, -0.2) is 0 Å². The van der Waals surface area contributed by atoms with Gasteiger partial charge >= 0.3 is 0 Å². The fourth-order valence-electron chi connectivity index (χ4n) is 0.428. The standard InChI is InChI=1S/C5H10F2OS/c1-2-4(8)3-5(6,7)9/h4,8-9H,2-3H2,1H3. The summed E-state index contributed by atoms with van der Waals surface area (Å²) < 4.78 is 23.7. The van der Waals surface area contributed by atoms with Gasteiger partial charge in [0.1, 0.15) is 0 Å². The first-order chi connectivity index (χ1) is 3.95. The maximum atomic E-state index is 11.9. The maximum Gasteiger partial charge on any atom is 0.293 e. The second kappa shape index (κ2) is 3.37. The van der Waals surface area contributed by atoms with E-state index in [0.717, 1.165) is 0 Å². The predicted octanol–water partition coefficient (Wildman–Crippen LogP) is 1.67. The Kier molecular flexibility index (Phi) is 3.43. The van der Waals surface area contributed by atoms with Gasteiger partial charge in [-0.1, -0.05) is 6.92 Å². The molecule has 0 aliphatic heterocycles. The van der Waals surface area contributed by atoms with Gasteiger partial charge in [0.05, 0.1) is 6.10 Å². The normalized spacial score (nSPS) is 15.7. The van der Waals surface area contributed by atoms with Crippen molar-refractivity contribution in [3.8, 4) is 0 Å². The van der Waals surface area contributed by atoms with E-state index in [1.54, 1.807) is 6.92 Å². The largest absolute Gasteiger partial charge is 0.393 e. The first kappa shape index (κ1) is 9.17. The molecule has 0 fully saturated rings. The SMILES string of the molecule is CCC(O)CC(F)(F)S. The summed E-state index contributed by atoms with van der Waals surface area (Å²) in [6, 6.07) is 0. The first-order valence-corrected chi connectivity index (χ1v) is 3.18. The smallest absolute Gasteiger partial charge is 0.293 e. The van der Waals surface area contributed by atoms with Gasteiger partial charge in [-0.05, 0) is 6.42 Å². The Labute approximate surface area is 58.5 Å². The molecular weight excluding hydrogens is 146 g/mol. The van der Waals surface area contributed by atoms with Crippen LogP contribution in [-0.4, -0.2) is 16.5 Å². The molecule has 0 spiro atoms. The van der Waals surface area contributed by atoms with Crippen molar-refractivity contribution in [2.45, 2.75) is 31.1 Å². The summed E-state index contributed by atoms with van der Waals surface area (Å²) in [4.78, 5) is 0. The van der Waals surface area contributed by atoms with Crippen molar-refractivity contribution < 1.29 is 13.9 Å². The topological polar surface area (TPSA) is 20.2 Å². The molecule has 0 aromatic carbocycles. The molecule has 1 atom stereocenters. The molecule has 0 aliphatic carbocycles. The minimum Gasteiger partial charge on any atom is -0.393 e. The summed E-state index contributed by atoms with van der Waals surface area (Å²) in [5, 5.41) is 5.63. The Bertz CT molecular complexity index is 81.5. The molecule has 9 heavy (non-hydrogen) atoms. The second-order valence-corrected chi connectivity index (χ2v) is 2.59. The molecular formula is C5H10F2OS. The summed E-state index contributed by atoms with van der Waals surface area (Å²) in [7, 11) is 0. The number of thiol groups is 1. The van der Waals surface area contributed by atoms with Crippen LogP contribution in [0.25, 0.3) is 0 Å². The lowest BCUT2D eigenvalue weighted by Gasteiger charge is -2.12. The molecule has 1 nitrogen and oxygen atoms in total. The molecule has 0 rings (SSSR count). The molecule has 0 aliphatic rings. The van der Waals surface area contributed by atoms with Gasteiger partial charge in [-0.2, -0.15) is 8.78 Å². The van der Waals surface area contributed by atoms with E-state index >= 15 is 0 Å². The number of hydrogen-bond acceptors (Lipinski definition) is 2. The summed E-state index contributed by atoms with van der Waals surface area (Å²) in [6.45, 7) is 1.64. The van der Waals surface area contributed by atoms with E-state index in [-0.39, 0.29) is 0 Å². The van der Waals surface area contributed by atoms with Crippen molar-refractivity contribution >= 4 is 12.6 Å². The van der Waals surface area contributed by atoms with Crippen LogP contribution in [0, 0.1) is 0 Å². The average molecular weight is 156 g/mol. The van der Waals surface area contributed by atoms with Crippen LogP contribution in [-0.2, 0) is 0 Å². The lowest BCUT2D eigenvalue weighted by atomic mass is 10.2. The fraction of sp³-hybridized carbons (Fsp3) is 1.00. The summed E-state index contributed by atoms with van der Waals surface area (Å²) in [6.07, 6.45) is -1.15. The van der Waals surface area contributed by atoms with Crippen molar-refractivity contribution in [2.24, 2.45) is 0 Å². The second-order valence-electron chi connectivity index (χ2n) is 1.93. The molecule has 56 valence electrons. The van der Waals surface area contributed by atoms with Crippen LogP contribution in [0.1, 0.15) is 19.8 Å². The summed E-state index contributed by atoms with van der Waals surface area (Å²) >= 11 is 2.95. The van der Waals surface area contributed by atoms with Crippen molar-refractivity contribution in [2.75, 3.05) is 0 Å². The first-order valence-electron chi connectivity index (χ1n) is 2.74. The van der Waals surface area contributed by atoms with Gasteiger partial charge < -0.3 is 5.11 Å². The van der Waals surface area contributed by atoms with Crippen LogP contribution in [0.4, 0.5) is 8.78 Å². The molecule has 0 radical (unpaired) electrons. The highest BCUT2D eigenvalue weighted by Gasteiger charge is 2.25. The number of rotatable bonds is 3. The molecule has 0 heterocycles. The van der Waals surface area contributed by atoms with Gasteiger partial charge in [-0.15, -0.1) is 12.6 Å². The Morgan fingerprint density at radius 2 is 2.11 bits per heavy atom. The molecule has 0 aromatic rings. The van der Waals surface area contributed by atoms with Gasteiger partial charge in [0.25, 0.3) is 5.25 Å². The number of aliphatic hydroxyl groups is 1. The maximum absolute atomic E-state index is 11.9. The fourth-order valence-corrected chi connectivity index (χ4v) is 0.639. The van der Waals surface area contributed by atoms with E-state index in [1.807, 2.05) is 0 Å². The lowest BCUT2D eigenvalue weighted by Crippen LogP contribution is -2.17. The van der Waals surface area contributed by atoms with E-state index in [0.29, 0.717) is 6.42 Å². The molecule has 0 aromatic heterocycles. The lowest BCUT2D eigenvalue weighted by molar-refractivity contribution is 0.0345. The Morgan fingerprint density at radius 3 is 2.22 bits per heavy atom. The van der Waals surface area contributed by atoms with Crippen LogP contribution in [0.3, 0.4) is 0 Å². The summed E-state index contributed by atoms with van der Waals surface area (Å²) in [5.74, 6) is 0. The van der Waals surface area contributed by atoms with Gasteiger partial charge in [0.15, 0.2) is 0 Å². The third-order valence-electron chi connectivity index (χ3n) is 0.952. The quantitative estimate of drug-likeness (QED) is 0.595. The van der Waals surface area contributed by atoms with Crippen LogP contribution in [0.5, 0.6) is 0 Å². The predicted molar refractivity (Wildman–Crippen MR) is 34.8 cm³/mol. The van der Waals surface area contributed by atoms with Crippen LogP contribution in [0.2, 0.25) is 0 Å². The van der Waals surface area contributed by atoms with Gasteiger partial charge in [-0.3, -0.25) is 0 Å². The molecule has 4 heteroatoms. The zero-order valence-electron chi connectivity index (χ0n) is 5.14. The van der Waals surface area contributed by atoms with E-state index in [2.05, 4.69) is 12.6 Å². The average Bonchev–Trinajstić information content (AvgIpc) is 1.62. The van der Waals surface area contributed by atoms with E-state index in [1.165, 1.54) is 0 Å². The Morgan fingerprint density at radius 1 is 1.67 bits per heavy atom. The number of halogens is 2. The van der Waals surface area contributed by atoms with E-state index < -0.39 is 17.8 Å². The third-order valence-corrected chi connectivity index (χ3v) is 1.14. The zero-order chi connectivity index (χ0) is 7.49. The number of hydrogen-bond donors (Lipinski definition) is 2. The Balaban J connectivity index is 3.47. The molecule has 0 saturated heterocycles. The van der Waals surface area contributed by atoms with Crippen molar-refractivity contribution in [3.63, 3.8) is 0 Å². The highest BCUT2D eigenvalue weighted by Crippen LogP contribution is 2.24. The molecule has 1 unspecified atom stereocenters.